The molecule has 0 radical (unpaired) electrons. The second kappa shape index (κ2) is 5.36. The number of nitrogens with one attached hydrogen (secondary N) is 1. The van der Waals surface area contributed by atoms with Crippen molar-refractivity contribution in [2.75, 3.05) is 11.6 Å². The van der Waals surface area contributed by atoms with Crippen LogP contribution in [0.3, 0.4) is 0 Å². The Morgan fingerprint density at radius 3 is 3.23 bits per heavy atom. The molecule has 1 aromatic heterocycles. The fourth-order valence-corrected chi connectivity index (χ4v) is 3.39. The van der Waals surface area contributed by atoms with Crippen molar-refractivity contribution in [3.05, 3.63) is 21.9 Å². The van der Waals surface area contributed by atoms with Crippen LogP contribution < -0.4 is 10.5 Å². The molecule has 0 bridgehead atoms. The summed E-state index contributed by atoms with van der Waals surface area (Å²) in [6.07, 6.45) is 4.12. The number of carbonyl (C=O) groups is 1. The summed E-state index contributed by atoms with van der Waals surface area (Å²) in [4.78, 5) is 18.1. The number of ether oxygens (including phenoxy) is 1. The second-order valence-corrected chi connectivity index (χ2v) is 6.00. The molecule has 0 saturated carbocycles. The zero-order chi connectivity index (χ0) is 15.1. The Kier molecular flexibility index (Phi) is 3.34. The lowest BCUT2D eigenvalue weighted by atomic mass is 10.1. The van der Waals surface area contributed by atoms with E-state index in [1.807, 2.05) is 11.4 Å². The molecule has 1 atom stereocenters. The van der Waals surface area contributed by atoms with Crippen LogP contribution in [0.15, 0.2) is 22.1 Å². The summed E-state index contributed by atoms with van der Waals surface area (Å²) in [5.74, 6) is -0.727. The number of anilines is 1. The average molecular weight is 322 g/mol. The summed E-state index contributed by atoms with van der Waals surface area (Å²) in [5.41, 5.74) is 3.66. The molecule has 116 valence electrons. The molecule has 9 heteroatoms. The van der Waals surface area contributed by atoms with Crippen molar-refractivity contribution in [1.29, 1.82) is 0 Å². The standard InChI is InChI=1S/C13H14N4O4S/c18-13(19)8-7-10-9(4-6-22-10)16-12(8)14-15-17(16)21-11-3-1-2-5-20-11/h4,6-7,11,15H,1-3,5H2,(H,18,19). The first-order valence-electron chi connectivity index (χ1n) is 6.99. The summed E-state index contributed by atoms with van der Waals surface area (Å²) in [6, 6.07) is 1.90. The van der Waals surface area contributed by atoms with Crippen molar-refractivity contribution < 1.29 is 19.5 Å². The number of nitrogens with zero attached hydrogens (tertiary/aromatic N) is 3. The van der Waals surface area contributed by atoms with Gasteiger partial charge in [-0.3, -0.25) is 0 Å². The van der Waals surface area contributed by atoms with E-state index in [1.165, 1.54) is 16.6 Å². The van der Waals surface area contributed by atoms with Crippen molar-refractivity contribution in [3.63, 3.8) is 0 Å². The minimum absolute atomic E-state index is 0.123. The SMILES string of the molecule is O=C(O)C1=Cc2sccc2N2C1=NNN2OC1CCCCO1. The van der Waals surface area contributed by atoms with Gasteiger partial charge < -0.3 is 9.84 Å². The van der Waals surface area contributed by atoms with E-state index in [4.69, 9.17) is 9.57 Å². The van der Waals surface area contributed by atoms with Gasteiger partial charge in [0.05, 0.1) is 10.6 Å². The maximum Gasteiger partial charge on any atom is 0.339 e. The van der Waals surface area contributed by atoms with Crippen molar-refractivity contribution >= 4 is 34.9 Å². The third-order valence-electron chi connectivity index (χ3n) is 3.63. The van der Waals surface area contributed by atoms with E-state index in [0.29, 0.717) is 12.4 Å². The minimum Gasteiger partial charge on any atom is -0.478 e. The predicted octanol–water partition coefficient (Wildman–Crippen LogP) is 1.54. The van der Waals surface area contributed by atoms with E-state index in [0.717, 1.165) is 29.8 Å². The lowest BCUT2D eigenvalue weighted by Crippen LogP contribution is -2.50. The number of amidine groups is 1. The van der Waals surface area contributed by atoms with E-state index in [9.17, 15) is 9.90 Å². The maximum atomic E-state index is 11.4. The molecule has 3 aliphatic heterocycles. The van der Waals surface area contributed by atoms with Gasteiger partial charge in [-0.05, 0) is 30.4 Å². The van der Waals surface area contributed by atoms with E-state index in [1.54, 1.807) is 11.1 Å². The zero-order valence-corrected chi connectivity index (χ0v) is 12.4. The first-order chi connectivity index (χ1) is 10.7. The van der Waals surface area contributed by atoms with Crippen LogP contribution in [0.1, 0.15) is 24.1 Å². The number of fused-ring (bicyclic) bond motifs is 3. The summed E-state index contributed by atoms with van der Waals surface area (Å²) in [7, 11) is 0. The Balaban J connectivity index is 1.62. The van der Waals surface area contributed by atoms with Gasteiger partial charge >= 0.3 is 5.97 Å². The third-order valence-corrected chi connectivity index (χ3v) is 4.48. The van der Waals surface area contributed by atoms with E-state index >= 15 is 0 Å². The Morgan fingerprint density at radius 1 is 1.55 bits per heavy atom. The van der Waals surface area contributed by atoms with Crippen LogP contribution in [0.5, 0.6) is 0 Å². The highest BCUT2D eigenvalue weighted by atomic mass is 32.1. The number of hydrazone groups is 1. The summed E-state index contributed by atoms with van der Waals surface area (Å²) in [6.45, 7) is 0.663. The van der Waals surface area contributed by atoms with Crippen molar-refractivity contribution in [3.8, 4) is 0 Å². The lowest BCUT2D eigenvalue weighted by molar-refractivity contribution is -0.305. The quantitative estimate of drug-likeness (QED) is 0.873. The van der Waals surface area contributed by atoms with Crippen molar-refractivity contribution in [2.24, 2.45) is 5.10 Å². The molecule has 3 aliphatic rings. The number of hydrogen-bond acceptors (Lipinski definition) is 8. The van der Waals surface area contributed by atoms with Gasteiger partial charge in [0.2, 0.25) is 0 Å². The predicted molar refractivity (Wildman–Crippen MR) is 79.5 cm³/mol. The fourth-order valence-electron chi connectivity index (χ4n) is 2.58. The van der Waals surface area contributed by atoms with E-state index in [-0.39, 0.29) is 11.9 Å². The van der Waals surface area contributed by atoms with Crippen molar-refractivity contribution in [2.45, 2.75) is 25.6 Å². The first-order valence-corrected chi connectivity index (χ1v) is 7.87. The molecule has 22 heavy (non-hydrogen) atoms. The Hall–Kier alpha value is -1.94. The molecular formula is C13H14N4O4S. The third kappa shape index (κ3) is 2.18. The van der Waals surface area contributed by atoms with Crippen LogP contribution in [-0.2, 0) is 14.4 Å². The lowest BCUT2D eigenvalue weighted by Gasteiger charge is -2.33. The first kappa shape index (κ1) is 13.7. The van der Waals surface area contributed by atoms with E-state index < -0.39 is 5.97 Å². The Morgan fingerprint density at radius 2 is 2.45 bits per heavy atom. The highest BCUT2D eigenvalue weighted by molar-refractivity contribution is 7.11. The maximum absolute atomic E-state index is 11.4. The summed E-state index contributed by atoms with van der Waals surface area (Å²) in [5, 5.41) is 18.3. The van der Waals surface area contributed by atoms with Gasteiger partial charge in [0, 0.05) is 18.3 Å². The Labute approximate surface area is 130 Å². The number of thiophene rings is 1. The Bertz CT molecular complexity index is 665. The molecule has 1 saturated heterocycles. The molecule has 0 aliphatic carbocycles. The zero-order valence-electron chi connectivity index (χ0n) is 11.6. The number of aliphatic carboxylic acids is 1. The molecule has 2 N–H and O–H groups in total. The van der Waals surface area contributed by atoms with E-state index in [2.05, 4.69) is 10.6 Å². The van der Waals surface area contributed by atoms with Crippen LogP contribution in [0.25, 0.3) is 6.08 Å². The van der Waals surface area contributed by atoms with Gasteiger partial charge in [0.1, 0.15) is 5.57 Å². The number of carboxylic acids is 1. The molecule has 4 heterocycles. The molecule has 0 amide bonds. The number of rotatable bonds is 3. The number of hydrazine groups is 2. The van der Waals surface area contributed by atoms with Gasteiger partial charge in [-0.1, -0.05) is 0 Å². The van der Waals surface area contributed by atoms with Gasteiger partial charge in [-0.2, -0.15) is 5.53 Å². The highest BCUT2D eigenvalue weighted by Crippen LogP contribution is 2.37. The summed E-state index contributed by atoms with van der Waals surface area (Å²) < 4.78 is 5.55. The van der Waals surface area contributed by atoms with Crippen LogP contribution in [0.4, 0.5) is 5.69 Å². The van der Waals surface area contributed by atoms with Crippen LogP contribution >= 0.6 is 11.3 Å². The smallest absolute Gasteiger partial charge is 0.339 e. The number of hydrogen-bond donors (Lipinski definition) is 2. The van der Waals surface area contributed by atoms with Crippen LogP contribution in [0, 0.1) is 0 Å². The molecule has 1 unspecified atom stereocenters. The normalized spacial score (nSPS) is 24.2. The topological polar surface area (TPSA) is 86.6 Å². The van der Waals surface area contributed by atoms with Crippen molar-refractivity contribution in [1.82, 2.24) is 10.8 Å². The molecular weight excluding hydrogens is 308 g/mol. The van der Waals surface area contributed by atoms with Gasteiger partial charge in [-0.25, -0.2) is 14.6 Å². The molecule has 1 fully saturated rings. The monoisotopic (exact) mass is 322 g/mol. The molecule has 0 aromatic carbocycles. The van der Waals surface area contributed by atoms with Gasteiger partial charge in [0.15, 0.2) is 12.1 Å². The number of carboxylic acid groups (broad SMARTS) is 1. The van der Waals surface area contributed by atoms with Gasteiger partial charge in [-0.15, -0.1) is 16.4 Å². The fraction of sp³-hybridized carbons (Fsp3) is 0.385. The minimum atomic E-state index is -1.03. The van der Waals surface area contributed by atoms with Gasteiger partial charge in [0.25, 0.3) is 0 Å². The summed E-state index contributed by atoms with van der Waals surface area (Å²) >= 11 is 1.47. The van der Waals surface area contributed by atoms with Crippen LogP contribution in [-0.4, -0.2) is 35.1 Å². The highest BCUT2D eigenvalue weighted by Gasteiger charge is 2.39. The molecule has 1 aromatic rings. The molecule has 8 nitrogen and oxygen atoms in total. The average Bonchev–Trinajstić information content (AvgIpc) is 3.13. The van der Waals surface area contributed by atoms with Crippen LogP contribution in [0.2, 0.25) is 0 Å². The largest absolute Gasteiger partial charge is 0.478 e. The second-order valence-electron chi connectivity index (χ2n) is 5.05. The molecule has 4 rings (SSSR count). The molecule has 0 spiro atoms.